The normalized spacial score (nSPS) is 22.2. The van der Waals surface area contributed by atoms with E-state index in [1.54, 1.807) is 5.56 Å². The van der Waals surface area contributed by atoms with Gasteiger partial charge >= 0.3 is 0 Å². The van der Waals surface area contributed by atoms with Crippen LogP contribution in [0.2, 0.25) is 0 Å². The molecule has 2 nitrogen and oxygen atoms in total. The average Bonchev–Trinajstić information content (AvgIpc) is 3.48. The third kappa shape index (κ3) is 7.30. The largest absolute Gasteiger partial charge is 0.311 e. The van der Waals surface area contributed by atoms with Gasteiger partial charge in [-0.15, -0.1) is 0 Å². The average molecular weight is 951 g/mol. The van der Waals surface area contributed by atoms with Crippen LogP contribution in [0.15, 0.2) is 97.1 Å². The first-order chi connectivity index (χ1) is 33.5. The number of nitrogens with zero attached hydrogens (tertiary/aromatic N) is 2. The highest BCUT2D eigenvalue weighted by atomic mass is 15.2. The molecule has 0 N–H and O–H groups in total. The van der Waals surface area contributed by atoms with Gasteiger partial charge in [-0.1, -0.05) is 183 Å². The van der Waals surface area contributed by atoms with Crippen molar-refractivity contribution in [2.45, 2.75) is 196 Å². The number of aryl methyl sites for hydroxylation is 3. The Kier molecular flexibility index (Phi) is 10.8. The van der Waals surface area contributed by atoms with Gasteiger partial charge in [0.1, 0.15) is 0 Å². The van der Waals surface area contributed by atoms with Gasteiger partial charge in [0.15, 0.2) is 0 Å². The minimum absolute atomic E-state index is 0.0388. The van der Waals surface area contributed by atoms with Crippen molar-refractivity contribution in [3.05, 3.63) is 158 Å². The maximum Gasteiger partial charge on any atom is 0.252 e. The minimum Gasteiger partial charge on any atom is -0.311 e. The maximum absolute atomic E-state index is 2.69. The molecular weight excluding hydrogens is 868 g/mol. The summed E-state index contributed by atoms with van der Waals surface area (Å²) < 4.78 is 0. The molecule has 2 aliphatic heterocycles. The summed E-state index contributed by atoms with van der Waals surface area (Å²) in [4.78, 5) is 5.36. The van der Waals surface area contributed by atoms with Gasteiger partial charge in [-0.2, -0.15) is 0 Å². The highest BCUT2D eigenvalue weighted by Gasteiger charge is 2.56. The SMILES string of the molecule is Cc1cc2c3c(c1)N(c1ccc(C(C)(C)C)cc1C)c1cc4c(cc1B3c1ccc(/C=C3\c5ccc(C(C)(C)C)cc5C5(C)CCCCC35C)cc1N2c1ccc(C(C)(C)C)cc1C)C(C)(C)CCC4(C)C. The maximum atomic E-state index is 2.69. The Balaban J connectivity index is 1.21. The molecule has 5 aliphatic rings. The van der Waals surface area contributed by atoms with E-state index in [4.69, 9.17) is 0 Å². The molecular formula is C69H83BN2. The molecule has 1 fully saturated rings. The summed E-state index contributed by atoms with van der Waals surface area (Å²) >= 11 is 0. The summed E-state index contributed by atoms with van der Waals surface area (Å²) in [6, 6.07) is 40.0. The predicted octanol–water partition coefficient (Wildman–Crippen LogP) is 17.3. The van der Waals surface area contributed by atoms with Gasteiger partial charge in [0.05, 0.1) is 0 Å². The van der Waals surface area contributed by atoms with E-state index >= 15 is 0 Å². The summed E-state index contributed by atoms with van der Waals surface area (Å²) in [6.45, 7) is 43.3. The Morgan fingerprint density at radius 3 is 1.46 bits per heavy atom. The molecule has 0 spiro atoms. The lowest BCUT2D eigenvalue weighted by Crippen LogP contribution is -2.62. The fraction of sp³-hybridized carbons (Fsp3) is 0.449. The molecule has 0 amide bonds. The van der Waals surface area contributed by atoms with Crippen molar-refractivity contribution >= 4 is 68.9 Å². The first-order valence-electron chi connectivity index (χ1n) is 27.7. The molecule has 72 heavy (non-hydrogen) atoms. The van der Waals surface area contributed by atoms with E-state index in [1.165, 1.54) is 150 Å². The van der Waals surface area contributed by atoms with Gasteiger partial charge in [0, 0.05) is 45.0 Å². The molecule has 0 bridgehead atoms. The molecule has 11 rings (SSSR count). The molecule has 0 aromatic heterocycles. The molecule has 2 atom stereocenters. The number of fused-ring (bicyclic) bond motifs is 8. The second-order valence-electron chi connectivity index (χ2n) is 28.3. The quantitative estimate of drug-likeness (QED) is 0.163. The van der Waals surface area contributed by atoms with Crippen molar-refractivity contribution < 1.29 is 0 Å². The Labute approximate surface area is 435 Å². The van der Waals surface area contributed by atoms with Gasteiger partial charge in [-0.05, 0) is 193 Å². The number of benzene rings is 6. The molecule has 1 saturated carbocycles. The molecule has 6 aromatic rings. The predicted molar refractivity (Wildman–Crippen MR) is 314 cm³/mol. The van der Waals surface area contributed by atoms with Crippen LogP contribution in [0.4, 0.5) is 34.1 Å². The summed E-state index contributed by atoms with van der Waals surface area (Å²) in [5.74, 6) is 0. The van der Waals surface area contributed by atoms with Crippen LogP contribution < -0.4 is 26.2 Å². The van der Waals surface area contributed by atoms with Gasteiger partial charge in [0.2, 0.25) is 0 Å². The molecule has 0 radical (unpaired) electrons. The first kappa shape index (κ1) is 49.0. The smallest absolute Gasteiger partial charge is 0.252 e. The number of rotatable bonds is 3. The number of hydrogen-bond donors (Lipinski definition) is 0. The van der Waals surface area contributed by atoms with Crippen LogP contribution in [-0.2, 0) is 32.5 Å². The molecule has 3 aliphatic carbocycles. The highest BCUT2D eigenvalue weighted by Crippen LogP contribution is 2.65. The zero-order chi connectivity index (χ0) is 51.6. The molecule has 372 valence electrons. The van der Waals surface area contributed by atoms with Crippen molar-refractivity contribution in [1.82, 2.24) is 0 Å². The Bertz CT molecular complexity index is 3280. The van der Waals surface area contributed by atoms with Crippen LogP contribution in [0.3, 0.4) is 0 Å². The van der Waals surface area contributed by atoms with Gasteiger partial charge in [0.25, 0.3) is 6.71 Å². The van der Waals surface area contributed by atoms with E-state index in [0.717, 1.165) is 0 Å². The van der Waals surface area contributed by atoms with Gasteiger partial charge in [-0.3, -0.25) is 0 Å². The van der Waals surface area contributed by atoms with E-state index in [2.05, 4.69) is 238 Å². The van der Waals surface area contributed by atoms with Crippen molar-refractivity contribution in [1.29, 1.82) is 0 Å². The Hall–Kier alpha value is -5.28. The Morgan fingerprint density at radius 2 is 0.931 bits per heavy atom. The second-order valence-corrected chi connectivity index (χ2v) is 28.3. The zero-order valence-corrected chi connectivity index (χ0v) is 47.5. The third-order valence-electron chi connectivity index (χ3n) is 19.3. The van der Waals surface area contributed by atoms with E-state index in [0.29, 0.717) is 0 Å². The van der Waals surface area contributed by atoms with E-state index in [9.17, 15) is 0 Å². The van der Waals surface area contributed by atoms with E-state index < -0.39 is 0 Å². The van der Waals surface area contributed by atoms with Crippen LogP contribution in [0.25, 0.3) is 11.6 Å². The summed E-state index contributed by atoms with van der Waals surface area (Å²) in [6.07, 6.45) is 10.0. The molecule has 2 unspecified atom stereocenters. The molecule has 3 heteroatoms. The summed E-state index contributed by atoms with van der Waals surface area (Å²) in [7, 11) is 0. The van der Waals surface area contributed by atoms with Crippen molar-refractivity contribution in [3.63, 3.8) is 0 Å². The van der Waals surface area contributed by atoms with Gasteiger partial charge in [-0.25, -0.2) is 0 Å². The lowest BCUT2D eigenvalue weighted by atomic mass is 9.33. The lowest BCUT2D eigenvalue weighted by Gasteiger charge is -2.48. The molecule has 0 saturated heterocycles. The lowest BCUT2D eigenvalue weighted by molar-refractivity contribution is 0.165. The molecule has 6 aromatic carbocycles. The van der Waals surface area contributed by atoms with Crippen LogP contribution in [-0.4, -0.2) is 6.71 Å². The highest BCUT2D eigenvalue weighted by molar-refractivity contribution is 7.00. The monoisotopic (exact) mass is 951 g/mol. The fourth-order valence-electron chi connectivity index (χ4n) is 14.3. The van der Waals surface area contributed by atoms with Crippen molar-refractivity contribution in [2.24, 2.45) is 5.41 Å². The van der Waals surface area contributed by atoms with Crippen LogP contribution in [0.1, 0.15) is 204 Å². The van der Waals surface area contributed by atoms with Crippen LogP contribution >= 0.6 is 0 Å². The van der Waals surface area contributed by atoms with E-state index in [-0.39, 0.29) is 44.6 Å². The van der Waals surface area contributed by atoms with Crippen LogP contribution in [0.5, 0.6) is 0 Å². The van der Waals surface area contributed by atoms with E-state index in [1.807, 2.05) is 0 Å². The number of anilines is 6. The third-order valence-corrected chi connectivity index (χ3v) is 19.3. The first-order valence-corrected chi connectivity index (χ1v) is 27.7. The summed E-state index contributed by atoms with van der Waals surface area (Å²) in [5.41, 5.74) is 29.3. The summed E-state index contributed by atoms with van der Waals surface area (Å²) in [5, 5.41) is 0. The number of hydrogen-bond acceptors (Lipinski definition) is 2. The van der Waals surface area contributed by atoms with Crippen LogP contribution in [0, 0.1) is 26.2 Å². The van der Waals surface area contributed by atoms with Crippen molar-refractivity contribution in [3.8, 4) is 0 Å². The zero-order valence-electron chi connectivity index (χ0n) is 47.5. The topological polar surface area (TPSA) is 6.48 Å². The minimum atomic E-state index is 0.0388. The standard InChI is InChI=1S/C69H83BN2/c1-42-33-60-62-61(34-42)72(57-28-24-47(36-44(57)3)64(7,8)9)59-41-53-52(66(13,14)31-32-67(53,15)16)40-55(59)70(62)54-26-21-45(38-58(54)71(60)56-27-23-46(35-43(56)2)63(4,5)6)37-50-49-25-22-48(65(10,11)12)39-51(49)69(18)30-20-19-29-68(50,69)17/h21-28,33-41H,19-20,29-32H2,1-18H3/b50-37+. The number of allylic oxidation sites excluding steroid dienone is 1. The molecule has 2 heterocycles. The fourth-order valence-corrected chi connectivity index (χ4v) is 14.3. The second kappa shape index (κ2) is 15.9. The Morgan fingerprint density at radius 1 is 0.444 bits per heavy atom. The van der Waals surface area contributed by atoms with Crippen molar-refractivity contribution in [2.75, 3.05) is 9.80 Å². The van der Waals surface area contributed by atoms with Gasteiger partial charge < -0.3 is 9.80 Å².